The highest BCUT2D eigenvalue weighted by atomic mass is 35.5. The summed E-state index contributed by atoms with van der Waals surface area (Å²) in [6.45, 7) is 2.31. The number of ether oxygens (including phenoxy) is 1. The van der Waals surface area contributed by atoms with E-state index in [-0.39, 0.29) is 23.3 Å². The molecule has 0 bridgehead atoms. The van der Waals surface area contributed by atoms with E-state index in [0.717, 1.165) is 17.3 Å². The fourth-order valence-corrected chi connectivity index (χ4v) is 3.70. The molecule has 0 saturated carbocycles. The summed E-state index contributed by atoms with van der Waals surface area (Å²) < 4.78 is 5.69. The Morgan fingerprint density at radius 2 is 1.93 bits per heavy atom. The molecule has 2 aromatic carbocycles. The Morgan fingerprint density at radius 1 is 1.21 bits per heavy atom. The predicted octanol–water partition coefficient (Wildman–Crippen LogP) is 4.67. The van der Waals surface area contributed by atoms with Crippen LogP contribution in [-0.2, 0) is 11.4 Å². The molecular formula is C20H16ClNO5S. The van der Waals surface area contributed by atoms with Gasteiger partial charge in [-0.05, 0) is 60.2 Å². The van der Waals surface area contributed by atoms with Crippen molar-refractivity contribution in [1.82, 2.24) is 4.90 Å². The SMILES string of the molecule is CCN1C(=O)SC(=Cc2ccc(OCc3ccc(C(=O)O)cc3)c(Cl)c2)C1=O. The molecule has 2 aromatic rings. The summed E-state index contributed by atoms with van der Waals surface area (Å²) in [7, 11) is 0. The van der Waals surface area contributed by atoms with Crippen molar-refractivity contribution in [3.63, 3.8) is 0 Å². The van der Waals surface area contributed by atoms with Crippen LogP contribution in [0.2, 0.25) is 5.02 Å². The first-order chi connectivity index (χ1) is 13.4. The smallest absolute Gasteiger partial charge is 0.335 e. The van der Waals surface area contributed by atoms with E-state index in [1.165, 1.54) is 17.0 Å². The Bertz CT molecular complexity index is 971. The summed E-state index contributed by atoms with van der Waals surface area (Å²) in [4.78, 5) is 36.3. The van der Waals surface area contributed by atoms with E-state index in [1.807, 2.05) is 0 Å². The van der Waals surface area contributed by atoms with Gasteiger partial charge in [0.25, 0.3) is 11.1 Å². The Hall–Kier alpha value is -2.77. The first-order valence-corrected chi connectivity index (χ1v) is 9.58. The molecule has 0 unspecified atom stereocenters. The Kier molecular flexibility index (Phi) is 6.06. The van der Waals surface area contributed by atoms with E-state index in [0.29, 0.717) is 27.8 Å². The third-order valence-corrected chi connectivity index (χ3v) is 5.24. The second kappa shape index (κ2) is 8.50. The highest BCUT2D eigenvalue weighted by Gasteiger charge is 2.33. The first-order valence-electron chi connectivity index (χ1n) is 8.39. The number of halogens is 1. The lowest BCUT2D eigenvalue weighted by Gasteiger charge is -2.09. The van der Waals surface area contributed by atoms with Crippen LogP contribution < -0.4 is 4.74 Å². The van der Waals surface area contributed by atoms with Crippen molar-refractivity contribution < 1.29 is 24.2 Å². The lowest BCUT2D eigenvalue weighted by atomic mass is 10.1. The molecule has 0 radical (unpaired) electrons. The van der Waals surface area contributed by atoms with Crippen molar-refractivity contribution in [3.8, 4) is 5.75 Å². The van der Waals surface area contributed by atoms with Crippen LogP contribution in [0.1, 0.15) is 28.4 Å². The monoisotopic (exact) mass is 417 g/mol. The van der Waals surface area contributed by atoms with Crippen LogP contribution in [-0.4, -0.2) is 33.7 Å². The Balaban J connectivity index is 1.69. The molecule has 2 amide bonds. The molecule has 1 N–H and O–H groups in total. The summed E-state index contributed by atoms with van der Waals surface area (Å²) in [6, 6.07) is 11.5. The number of carbonyl (C=O) groups is 3. The second-order valence-corrected chi connectivity index (χ2v) is 7.31. The lowest BCUT2D eigenvalue weighted by Crippen LogP contribution is -2.27. The number of benzene rings is 2. The largest absolute Gasteiger partial charge is 0.487 e. The van der Waals surface area contributed by atoms with Crippen LogP contribution >= 0.6 is 23.4 Å². The molecule has 0 atom stereocenters. The van der Waals surface area contributed by atoms with Gasteiger partial charge in [0.2, 0.25) is 0 Å². The first kappa shape index (κ1) is 20.0. The number of imide groups is 1. The maximum absolute atomic E-state index is 12.2. The molecule has 0 spiro atoms. The predicted molar refractivity (Wildman–Crippen MR) is 108 cm³/mol. The summed E-state index contributed by atoms with van der Waals surface area (Å²) >= 11 is 7.17. The van der Waals surface area contributed by atoms with Crippen LogP contribution in [0.25, 0.3) is 6.08 Å². The van der Waals surface area contributed by atoms with Crippen LogP contribution in [0, 0.1) is 0 Å². The normalized spacial score (nSPS) is 15.4. The van der Waals surface area contributed by atoms with Crippen molar-refractivity contribution in [3.05, 3.63) is 69.1 Å². The summed E-state index contributed by atoms with van der Waals surface area (Å²) in [5, 5.41) is 9.00. The zero-order chi connectivity index (χ0) is 20.3. The van der Waals surface area contributed by atoms with Crippen molar-refractivity contribution in [2.45, 2.75) is 13.5 Å². The zero-order valence-electron chi connectivity index (χ0n) is 14.8. The van der Waals surface area contributed by atoms with Gasteiger partial charge in [0, 0.05) is 6.54 Å². The molecule has 1 heterocycles. The van der Waals surface area contributed by atoms with E-state index in [4.69, 9.17) is 21.4 Å². The van der Waals surface area contributed by atoms with Crippen LogP contribution in [0.15, 0.2) is 47.4 Å². The van der Waals surface area contributed by atoms with Gasteiger partial charge in [-0.15, -0.1) is 0 Å². The number of amides is 2. The van der Waals surface area contributed by atoms with Gasteiger partial charge >= 0.3 is 5.97 Å². The van der Waals surface area contributed by atoms with E-state index in [2.05, 4.69) is 0 Å². The van der Waals surface area contributed by atoms with E-state index in [1.54, 1.807) is 43.3 Å². The highest BCUT2D eigenvalue weighted by Crippen LogP contribution is 2.33. The van der Waals surface area contributed by atoms with Crippen LogP contribution in [0.3, 0.4) is 0 Å². The molecule has 1 fully saturated rings. The second-order valence-electron chi connectivity index (χ2n) is 5.91. The third kappa shape index (κ3) is 4.37. The number of carboxylic acid groups (broad SMARTS) is 1. The number of likely N-dealkylation sites (N-methyl/N-ethyl adjacent to an activating group) is 1. The topological polar surface area (TPSA) is 83.9 Å². The fraction of sp³-hybridized carbons (Fsp3) is 0.150. The number of aromatic carboxylic acids is 1. The van der Waals surface area contributed by atoms with Crippen LogP contribution in [0.4, 0.5) is 4.79 Å². The maximum Gasteiger partial charge on any atom is 0.335 e. The molecule has 1 aliphatic heterocycles. The summed E-state index contributed by atoms with van der Waals surface area (Å²) in [5.74, 6) is -0.829. The van der Waals surface area contributed by atoms with Gasteiger partial charge in [0.15, 0.2) is 0 Å². The molecule has 1 saturated heterocycles. The van der Waals surface area contributed by atoms with Crippen LogP contribution in [0.5, 0.6) is 5.75 Å². The lowest BCUT2D eigenvalue weighted by molar-refractivity contribution is -0.122. The number of hydrogen-bond donors (Lipinski definition) is 1. The van der Waals surface area contributed by atoms with Gasteiger partial charge in [0.1, 0.15) is 12.4 Å². The highest BCUT2D eigenvalue weighted by molar-refractivity contribution is 8.18. The van der Waals surface area contributed by atoms with E-state index < -0.39 is 5.97 Å². The molecule has 1 aliphatic rings. The van der Waals surface area contributed by atoms with E-state index >= 15 is 0 Å². The number of hydrogen-bond acceptors (Lipinski definition) is 5. The number of thioether (sulfide) groups is 1. The van der Waals surface area contributed by atoms with Gasteiger partial charge in [-0.3, -0.25) is 14.5 Å². The average Bonchev–Trinajstić information content (AvgIpc) is 2.94. The number of rotatable bonds is 6. The third-order valence-electron chi connectivity index (χ3n) is 4.04. The molecular weight excluding hydrogens is 402 g/mol. The minimum Gasteiger partial charge on any atom is -0.487 e. The zero-order valence-corrected chi connectivity index (χ0v) is 16.4. The van der Waals surface area contributed by atoms with Crippen molar-refractivity contribution in [1.29, 1.82) is 0 Å². The summed E-state index contributed by atoms with van der Waals surface area (Å²) in [6.07, 6.45) is 1.63. The fourth-order valence-electron chi connectivity index (χ4n) is 2.55. The quantitative estimate of drug-likeness (QED) is 0.687. The number of nitrogens with zero attached hydrogens (tertiary/aromatic N) is 1. The van der Waals surface area contributed by atoms with Gasteiger partial charge in [-0.25, -0.2) is 4.79 Å². The average molecular weight is 418 g/mol. The molecule has 8 heteroatoms. The molecule has 0 aliphatic carbocycles. The molecule has 6 nitrogen and oxygen atoms in total. The number of carbonyl (C=O) groups excluding carboxylic acids is 2. The van der Waals surface area contributed by atoms with Gasteiger partial charge in [-0.1, -0.05) is 29.8 Å². The standard InChI is InChI=1S/C20H16ClNO5S/c1-2-22-18(23)17(28-20(22)26)10-13-5-8-16(15(21)9-13)27-11-12-3-6-14(7-4-12)19(24)25/h3-10H,2,11H2,1H3,(H,24,25). The minimum absolute atomic E-state index is 0.207. The van der Waals surface area contributed by atoms with Gasteiger partial charge in [-0.2, -0.15) is 0 Å². The van der Waals surface area contributed by atoms with Crippen molar-refractivity contribution in [2.24, 2.45) is 0 Å². The molecule has 3 rings (SSSR count). The Morgan fingerprint density at radius 3 is 2.50 bits per heavy atom. The molecule has 144 valence electrons. The van der Waals surface area contributed by atoms with E-state index in [9.17, 15) is 14.4 Å². The van der Waals surface area contributed by atoms with Crippen molar-refractivity contribution >= 4 is 46.6 Å². The Labute approximate surface area is 170 Å². The maximum atomic E-state index is 12.2. The van der Waals surface area contributed by atoms with Gasteiger partial charge < -0.3 is 9.84 Å². The van der Waals surface area contributed by atoms with Gasteiger partial charge in [0.05, 0.1) is 15.5 Å². The number of carboxylic acids is 1. The minimum atomic E-state index is -0.983. The van der Waals surface area contributed by atoms with Crippen molar-refractivity contribution in [2.75, 3.05) is 6.54 Å². The summed E-state index contributed by atoms with van der Waals surface area (Å²) in [5.41, 5.74) is 1.70. The molecule has 28 heavy (non-hydrogen) atoms. The molecule has 0 aromatic heterocycles.